The molecule has 0 fully saturated rings. The van der Waals surface area contributed by atoms with Crippen LogP contribution in [0.3, 0.4) is 0 Å². The van der Waals surface area contributed by atoms with Crippen LogP contribution >= 0.6 is 11.6 Å². The lowest BCUT2D eigenvalue weighted by Gasteiger charge is -2.27. The van der Waals surface area contributed by atoms with Crippen molar-refractivity contribution in [2.24, 2.45) is 10.7 Å². The number of para-hydroxylation sites is 1. The van der Waals surface area contributed by atoms with Gasteiger partial charge in [0.15, 0.2) is 12.1 Å². The van der Waals surface area contributed by atoms with Gasteiger partial charge in [-0.25, -0.2) is 4.99 Å². The molecule has 114 valence electrons. The minimum atomic E-state index is -0.488. The largest absolute Gasteiger partial charge is 0.370 e. The molecule has 6 nitrogen and oxygen atoms in total. The molecule has 0 aliphatic carbocycles. The highest BCUT2D eigenvalue weighted by Gasteiger charge is 2.25. The molecule has 1 aliphatic rings. The van der Waals surface area contributed by atoms with E-state index in [1.165, 1.54) is 0 Å². The molecule has 0 saturated heterocycles. The average molecular weight is 326 g/mol. The second kappa shape index (κ2) is 5.10. The smallest absolute Gasteiger partial charge is 0.282 e. The summed E-state index contributed by atoms with van der Waals surface area (Å²) < 4.78 is 1.83. The van der Waals surface area contributed by atoms with E-state index in [1.54, 1.807) is 18.2 Å². The summed E-state index contributed by atoms with van der Waals surface area (Å²) in [6.07, 6.45) is -0.488. The van der Waals surface area contributed by atoms with Crippen molar-refractivity contribution < 1.29 is 0 Å². The predicted molar refractivity (Wildman–Crippen MR) is 90.8 cm³/mol. The van der Waals surface area contributed by atoms with Gasteiger partial charge < -0.3 is 5.73 Å². The lowest BCUT2D eigenvalue weighted by atomic mass is 10.1. The molecule has 3 aromatic rings. The van der Waals surface area contributed by atoms with Gasteiger partial charge in [-0.15, -0.1) is 0 Å². The molecule has 2 aromatic carbocycles. The number of hydrogen-bond acceptors (Lipinski definition) is 5. The van der Waals surface area contributed by atoms with Crippen molar-refractivity contribution in [2.75, 3.05) is 5.32 Å². The highest BCUT2D eigenvalue weighted by molar-refractivity contribution is 6.31. The number of rotatable bonds is 1. The zero-order chi connectivity index (χ0) is 16.0. The van der Waals surface area contributed by atoms with E-state index >= 15 is 0 Å². The van der Waals surface area contributed by atoms with Crippen LogP contribution in [0, 0.1) is 0 Å². The maximum absolute atomic E-state index is 12.2. The number of anilines is 1. The molecule has 0 bridgehead atoms. The zero-order valence-electron chi connectivity index (χ0n) is 11.9. The number of aliphatic imine (C=N–C) groups is 1. The predicted octanol–water partition coefficient (Wildman–Crippen LogP) is 2.34. The quantitative estimate of drug-likeness (QED) is 0.719. The Morgan fingerprint density at radius 1 is 1.13 bits per heavy atom. The summed E-state index contributed by atoms with van der Waals surface area (Å²) >= 11 is 6.33. The summed E-state index contributed by atoms with van der Waals surface area (Å²) in [6, 6.07) is 14.7. The number of halogens is 1. The molecule has 0 radical (unpaired) electrons. The van der Waals surface area contributed by atoms with E-state index in [-0.39, 0.29) is 11.5 Å². The van der Waals surface area contributed by atoms with Crippen LogP contribution in [-0.4, -0.2) is 15.5 Å². The van der Waals surface area contributed by atoms with Crippen molar-refractivity contribution in [3.05, 3.63) is 69.5 Å². The van der Waals surface area contributed by atoms with Crippen LogP contribution in [0.4, 0.5) is 5.95 Å². The second-order valence-electron chi connectivity index (χ2n) is 5.16. The number of benzene rings is 2. The summed E-state index contributed by atoms with van der Waals surface area (Å²) in [4.78, 5) is 20.7. The fraction of sp³-hybridized carbons (Fsp3) is 0.0625. The van der Waals surface area contributed by atoms with Gasteiger partial charge in [-0.1, -0.05) is 41.9 Å². The average Bonchev–Trinajstić information content (AvgIpc) is 2.54. The molecule has 0 amide bonds. The second-order valence-corrected chi connectivity index (χ2v) is 5.57. The molecule has 4 rings (SSSR count). The topological polar surface area (TPSA) is 85.3 Å². The van der Waals surface area contributed by atoms with Crippen LogP contribution in [0.15, 0.2) is 58.3 Å². The number of nitrogens with zero attached hydrogens (tertiary/aromatic N) is 3. The Balaban J connectivity index is 2.08. The lowest BCUT2D eigenvalue weighted by molar-refractivity contribution is 0.616. The van der Waals surface area contributed by atoms with Gasteiger partial charge in [0.2, 0.25) is 5.95 Å². The first-order chi connectivity index (χ1) is 11.1. The maximum atomic E-state index is 12.2. The maximum Gasteiger partial charge on any atom is 0.282 e. The van der Waals surface area contributed by atoms with Crippen molar-refractivity contribution in [3.63, 3.8) is 0 Å². The first kappa shape index (κ1) is 13.8. The fourth-order valence-corrected chi connectivity index (χ4v) is 2.99. The van der Waals surface area contributed by atoms with E-state index in [0.29, 0.717) is 16.4 Å². The molecule has 2 heterocycles. The van der Waals surface area contributed by atoms with E-state index in [4.69, 9.17) is 17.3 Å². The summed E-state index contributed by atoms with van der Waals surface area (Å²) in [6.45, 7) is 0. The number of fused-ring (bicyclic) bond motifs is 3. The summed E-state index contributed by atoms with van der Waals surface area (Å²) in [7, 11) is 0. The molecular weight excluding hydrogens is 314 g/mol. The molecule has 23 heavy (non-hydrogen) atoms. The summed E-state index contributed by atoms with van der Waals surface area (Å²) in [5.74, 6) is 0.545. The molecule has 0 saturated carbocycles. The number of guanidine groups is 1. The Hall–Kier alpha value is -2.86. The molecule has 3 N–H and O–H groups in total. The van der Waals surface area contributed by atoms with Gasteiger partial charge in [-0.3, -0.25) is 14.7 Å². The van der Waals surface area contributed by atoms with Crippen molar-refractivity contribution in [1.29, 1.82) is 0 Å². The van der Waals surface area contributed by atoms with Crippen molar-refractivity contribution in [3.8, 4) is 0 Å². The monoisotopic (exact) mass is 325 g/mol. The fourth-order valence-electron chi connectivity index (χ4n) is 2.75. The number of aromatic nitrogens is 2. The standard InChI is InChI=1S/C16H12ClN5O/c17-11-7-3-1-5-9(11)13-19-15(18)21-16-20-14(23)10-6-2-4-8-12(10)22(13)16/h1-8,13H,(H3,18,19,20,21,23)/t13-/m1/s1. The molecule has 7 heteroatoms. The summed E-state index contributed by atoms with van der Waals surface area (Å²) in [5.41, 5.74) is 7.06. The number of nitrogens with two attached hydrogens (primary N) is 1. The van der Waals surface area contributed by atoms with Crippen molar-refractivity contribution in [2.45, 2.75) is 6.17 Å². The normalized spacial score (nSPS) is 16.6. The lowest BCUT2D eigenvalue weighted by Crippen LogP contribution is -2.34. The molecule has 0 unspecified atom stereocenters. The zero-order valence-corrected chi connectivity index (χ0v) is 12.7. The van der Waals surface area contributed by atoms with E-state index in [0.717, 1.165) is 11.1 Å². The van der Waals surface area contributed by atoms with Gasteiger partial charge in [-0.05, 0) is 18.2 Å². The third kappa shape index (κ3) is 2.15. The Morgan fingerprint density at radius 2 is 1.87 bits per heavy atom. The van der Waals surface area contributed by atoms with Crippen LogP contribution in [0.1, 0.15) is 11.7 Å². The molecule has 1 aliphatic heterocycles. The molecular formula is C16H12ClN5O. The first-order valence-corrected chi connectivity index (χ1v) is 7.39. The van der Waals surface area contributed by atoms with Gasteiger partial charge in [0.1, 0.15) is 0 Å². The van der Waals surface area contributed by atoms with Gasteiger partial charge >= 0.3 is 0 Å². The van der Waals surface area contributed by atoms with Gasteiger partial charge in [0, 0.05) is 10.6 Å². The van der Waals surface area contributed by atoms with Crippen molar-refractivity contribution in [1.82, 2.24) is 9.55 Å². The third-order valence-electron chi connectivity index (χ3n) is 3.76. The van der Waals surface area contributed by atoms with Gasteiger partial charge in [-0.2, -0.15) is 4.98 Å². The van der Waals surface area contributed by atoms with Crippen LogP contribution < -0.4 is 16.6 Å². The Morgan fingerprint density at radius 3 is 2.70 bits per heavy atom. The highest BCUT2D eigenvalue weighted by Crippen LogP contribution is 2.33. The Kier molecular flexibility index (Phi) is 3.06. The van der Waals surface area contributed by atoms with Gasteiger partial charge in [0.25, 0.3) is 5.56 Å². The highest BCUT2D eigenvalue weighted by atomic mass is 35.5. The summed E-state index contributed by atoms with van der Waals surface area (Å²) in [5, 5.41) is 3.94. The van der Waals surface area contributed by atoms with E-state index < -0.39 is 6.17 Å². The minimum absolute atomic E-state index is 0.192. The molecule has 0 spiro atoms. The van der Waals surface area contributed by atoms with Crippen LogP contribution in [-0.2, 0) is 0 Å². The van der Waals surface area contributed by atoms with Crippen LogP contribution in [0.5, 0.6) is 0 Å². The first-order valence-electron chi connectivity index (χ1n) is 7.01. The molecule has 1 atom stereocenters. The minimum Gasteiger partial charge on any atom is -0.370 e. The molecule has 1 aromatic heterocycles. The van der Waals surface area contributed by atoms with E-state index in [2.05, 4.69) is 15.3 Å². The van der Waals surface area contributed by atoms with E-state index in [9.17, 15) is 4.79 Å². The SMILES string of the molecule is NC1=N[C@@H](c2ccccc2Cl)n2c(nc(=O)c3ccccc32)N1. The number of hydrogen-bond donors (Lipinski definition) is 2. The van der Waals surface area contributed by atoms with Gasteiger partial charge in [0.05, 0.1) is 10.9 Å². The Labute approximate surface area is 136 Å². The van der Waals surface area contributed by atoms with E-state index in [1.807, 2.05) is 34.9 Å². The number of nitrogens with one attached hydrogen (secondary N) is 1. The van der Waals surface area contributed by atoms with Crippen LogP contribution in [0.25, 0.3) is 10.9 Å². The van der Waals surface area contributed by atoms with Crippen molar-refractivity contribution >= 4 is 34.4 Å². The Bertz CT molecular complexity index is 1010. The van der Waals surface area contributed by atoms with Crippen LogP contribution in [0.2, 0.25) is 5.02 Å². The third-order valence-corrected chi connectivity index (χ3v) is 4.10.